The molecule has 0 saturated heterocycles. The summed E-state index contributed by atoms with van der Waals surface area (Å²) < 4.78 is 4.84. The van der Waals surface area contributed by atoms with Crippen molar-refractivity contribution in [1.29, 1.82) is 0 Å². The number of hydrogen-bond acceptors (Lipinski definition) is 2. The smallest absolute Gasteiger partial charge is 0.338 e. The molecule has 1 unspecified atom stereocenters. The van der Waals surface area contributed by atoms with Crippen molar-refractivity contribution in [1.82, 2.24) is 0 Å². The van der Waals surface area contributed by atoms with Gasteiger partial charge in [0.1, 0.15) is 8.07 Å². The zero-order chi connectivity index (χ0) is 21.6. The lowest BCUT2D eigenvalue weighted by molar-refractivity contribution is 0.0600. The molecule has 0 N–H and O–H groups in total. The highest BCUT2D eigenvalue weighted by Gasteiger charge is 2.13. The largest absolute Gasteiger partial charge is 0.465 e. The van der Waals surface area contributed by atoms with Crippen LogP contribution in [0.25, 0.3) is 0 Å². The van der Waals surface area contributed by atoms with Gasteiger partial charge in [-0.15, -0.1) is 5.54 Å². The fourth-order valence-corrected chi connectivity index (χ4v) is 4.01. The normalized spacial score (nSPS) is 12.1. The van der Waals surface area contributed by atoms with Gasteiger partial charge in [0, 0.05) is 5.56 Å². The van der Waals surface area contributed by atoms with Crippen LogP contribution < -0.4 is 0 Å². The van der Waals surface area contributed by atoms with Gasteiger partial charge in [0.25, 0.3) is 0 Å². The van der Waals surface area contributed by atoms with Crippen molar-refractivity contribution in [2.75, 3.05) is 7.11 Å². The highest BCUT2D eigenvalue weighted by Crippen LogP contribution is 2.27. The summed E-state index contributed by atoms with van der Waals surface area (Å²) in [6, 6.07) is 12.8. The Labute approximate surface area is 177 Å². The summed E-state index contributed by atoms with van der Waals surface area (Å²) in [6.45, 7) is 13.2. The van der Waals surface area contributed by atoms with E-state index in [0.29, 0.717) is 11.5 Å². The van der Waals surface area contributed by atoms with Gasteiger partial charge in [-0.05, 0) is 73.4 Å². The summed E-state index contributed by atoms with van der Waals surface area (Å²) in [5.41, 5.74) is 10.2. The molecule has 29 heavy (non-hydrogen) atoms. The SMILES string of the molecule is CCC(CCc1ccc(C(=O)OC)c(C)c1)c1ccc(C#C[Si](C)(C)C)c(C)c1. The van der Waals surface area contributed by atoms with Gasteiger partial charge >= 0.3 is 5.97 Å². The number of rotatable bonds is 6. The number of hydrogen-bond donors (Lipinski definition) is 0. The first-order chi connectivity index (χ1) is 13.6. The molecule has 2 aromatic rings. The number of benzene rings is 2. The fraction of sp³-hybridized carbons (Fsp3) is 0.423. The summed E-state index contributed by atoms with van der Waals surface area (Å²) in [4.78, 5) is 11.8. The van der Waals surface area contributed by atoms with E-state index in [2.05, 4.69) is 69.2 Å². The number of ether oxygens (including phenoxy) is 1. The van der Waals surface area contributed by atoms with E-state index in [0.717, 1.165) is 30.4 Å². The lowest BCUT2D eigenvalue weighted by Crippen LogP contribution is -2.16. The van der Waals surface area contributed by atoms with E-state index in [9.17, 15) is 4.79 Å². The van der Waals surface area contributed by atoms with Gasteiger partial charge in [0.15, 0.2) is 0 Å². The molecule has 0 aromatic heterocycles. The fourth-order valence-electron chi connectivity index (χ4n) is 3.50. The Balaban J connectivity index is 2.12. The van der Waals surface area contributed by atoms with Gasteiger partial charge in [0.05, 0.1) is 12.7 Å². The molecule has 2 aromatic carbocycles. The number of carbonyl (C=O) groups excluding carboxylic acids is 1. The summed E-state index contributed by atoms with van der Waals surface area (Å²) in [7, 11) is 0.0581. The Bertz CT molecular complexity index is 926. The second kappa shape index (κ2) is 9.94. The van der Waals surface area contributed by atoms with E-state index >= 15 is 0 Å². The second-order valence-corrected chi connectivity index (χ2v) is 13.6. The molecule has 2 rings (SSSR count). The number of aryl methyl sites for hydroxylation is 3. The Morgan fingerprint density at radius 1 is 1.07 bits per heavy atom. The minimum Gasteiger partial charge on any atom is -0.465 e. The topological polar surface area (TPSA) is 26.3 Å². The van der Waals surface area contributed by atoms with Crippen LogP contribution in [0.1, 0.15) is 63.9 Å². The maximum Gasteiger partial charge on any atom is 0.338 e. The quantitative estimate of drug-likeness (QED) is 0.313. The van der Waals surface area contributed by atoms with Crippen molar-refractivity contribution in [3.05, 3.63) is 69.8 Å². The molecule has 0 saturated carbocycles. The maximum atomic E-state index is 11.8. The summed E-state index contributed by atoms with van der Waals surface area (Å²) >= 11 is 0. The third-order valence-electron chi connectivity index (χ3n) is 5.26. The molecule has 0 bridgehead atoms. The Kier molecular flexibility index (Phi) is 7.87. The minimum atomic E-state index is -1.36. The summed E-state index contributed by atoms with van der Waals surface area (Å²) in [5.74, 6) is 3.65. The maximum absolute atomic E-state index is 11.8. The minimum absolute atomic E-state index is 0.270. The molecule has 0 heterocycles. The average Bonchev–Trinajstić information content (AvgIpc) is 2.66. The highest BCUT2D eigenvalue weighted by molar-refractivity contribution is 6.83. The van der Waals surface area contributed by atoms with Crippen molar-refractivity contribution in [2.24, 2.45) is 0 Å². The Morgan fingerprint density at radius 3 is 2.34 bits per heavy atom. The van der Waals surface area contributed by atoms with Crippen LogP contribution in [0.15, 0.2) is 36.4 Å². The van der Waals surface area contributed by atoms with Crippen LogP contribution in [0.4, 0.5) is 0 Å². The van der Waals surface area contributed by atoms with Gasteiger partial charge in [-0.1, -0.05) is 56.8 Å². The van der Waals surface area contributed by atoms with Gasteiger partial charge in [-0.25, -0.2) is 4.79 Å². The van der Waals surface area contributed by atoms with E-state index in [-0.39, 0.29) is 5.97 Å². The molecule has 0 amide bonds. The van der Waals surface area contributed by atoms with E-state index in [1.54, 1.807) is 0 Å². The van der Waals surface area contributed by atoms with E-state index in [1.165, 1.54) is 23.8 Å². The Hall–Kier alpha value is -2.31. The van der Waals surface area contributed by atoms with Crippen molar-refractivity contribution >= 4 is 14.0 Å². The molecule has 0 aliphatic rings. The second-order valence-electron chi connectivity index (χ2n) is 8.86. The van der Waals surface area contributed by atoms with Gasteiger partial charge in [-0.2, -0.15) is 0 Å². The van der Waals surface area contributed by atoms with Crippen LogP contribution in [0, 0.1) is 25.3 Å². The highest BCUT2D eigenvalue weighted by atomic mass is 28.3. The van der Waals surface area contributed by atoms with Gasteiger partial charge in [0.2, 0.25) is 0 Å². The van der Waals surface area contributed by atoms with Crippen LogP contribution in [0.2, 0.25) is 19.6 Å². The predicted octanol–water partition coefficient (Wildman–Crippen LogP) is 6.45. The molecule has 0 fully saturated rings. The third-order valence-corrected chi connectivity index (χ3v) is 6.14. The number of esters is 1. The first-order valence-electron chi connectivity index (χ1n) is 10.5. The number of carbonyl (C=O) groups is 1. The molecule has 154 valence electrons. The first-order valence-corrected chi connectivity index (χ1v) is 14.0. The zero-order valence-corrected chi connectivity index (χ0v) is 20.0. The number of methoxy groups -OCH3 is 1. The molecule has 2 nitrogen and oxygen atoms in total. The van der Waals surface area contributed by atoms with Crippen molar-refractivity contribution in [2.45, 2.75) is 65.6 Å². The van der Waals surface area contributed by atoms with Gasteiger partial charge < -0.3 is 4.74 Å². The van der Waals surface area contributed by atoms with Crippen LogP contribution in [-0.2, 0) is 11.2 Å². The monoisotopic (exact) mass is 406 g/mol. The van der Waals surface area contributed by atoms with Crippen molar-refractivity contribution in [3.63, 3.8) is 0 Å². The van der Waals surface area contributed by atoms with E-state index < -0.39 is 8.07 Å². The standard InChI is InChI=1S/C26H34O2Si/c1-8-22(11-9-21-10-14-25(20(3)17-21)26(27)28-4)24-13-12-23(19(2)18-24)15-16-29(5,6)7/h10,12-14,17-18,22H,8-9,11H2,1-7H3. The third kappa shape index (κ3) is 6.61. The van der Waals surface area contributed by atoms with Crippen molar-refractivity contribution < 1.29 is 9.53 Å². The molecule has 0 spiro atoms. The van der Waals surface area contributed by atoms with Crippen LogP contribution in [0.5, 0.6) is 0 Å². The summed E-state index contributed by atoms with van der Waals surface area (Å²) in [6.07, 6.45) is 3.20. The average molecular weight is 407 g/mol. The molecule has 1 atom stereocenters. The van der Waals surface area contributed by atoms with E-state index in [1.807, 2.05) is 19.1 Å². The Morgan fingerprint density at radius 2 is 1.79 bits per heavy atom. The van der Waals surface area contributed by atoms with E-state index in [4.69, 9.17) is 4.74 Å². The zero-order valence-electron chi connectivity index (χ0n) is 19.0. The van der Waals surface area contributed by atoms with Gasteiger partial charge in [-0.3, -0.25) is 0 Å². The molecule has 0 aliphatic heterocycles. The molecule has 3 heteroatoms. The lowest BCUT2D eigenvalue weighted by atomic mass is 9.88. The predicted molar refractivity (Wildman–Crippen MR) is 125 cm³/mol. The van der Waals surface area contributed by atoms with Crippen LogP contribution in [-0.4, -0.2) is 21.2 Å². The lowest BCUT2D eigenvalue weighted by Gasteiger charge is -2.17. The van der Waals surface area contributed by atoms with Crippen molar-refractivity contribution in [3.8, 4) is 11.5 Å². The van der Waals surface area contributed by atoms with Crippen LogP contribution >= 0.6 is 0 Å². The summed E-state index contributed by atoms with van der Waals surface area (Å²) in [5, 5.41) is 0. The molecular formula is C26H34O2Si. The molecule has 0 radical (unpaired) electrons. The van der Waals surface area contributed by atoms with Crippen LogP contribution in [0.3, 0.4) is 0 Å². The first kappa shape index (κ1) is 23.0. The molecular weight excluding hydrogens is 372 g/mol. The molecule has 0 aliphatic carbocycles.